The van der Waals surface area contributed by atoms with Crippen LogP contribution in [-0.4, -0.2) is 12.5 Å². The highest BCUT2D eigenvalue weighted by molar-refractivity contribution is 5.76. The van der Waals surface area contributed by atoms with Crippen LogP contribution in [-0.2, 0) is 4.79 Å². The highest BCUT2D eigenvalue weighted by atomic mass is 19.1. The van der Waals surface area contributed by atoms with Crippen molar-refractivity contribution in [1.29, 1.82) is 0 Å². The molecule has 0 radical (unpaired) electrons. The summed E-state index contributed by atoms with van der Waals surface area (Å²) in [7, 11) is 0. The Morgan fingerprint density at radius 1 is 0.950 bits per heavy atom. The van der Waals surface area contributed by atoms with Crippen LogP contribution in [0, 0.1) is 11.6 Å². The van der Waals surface area contributed by atoms with E-state index in [2.05, 4.69) is 5.32 Å². The fourth-order valence-corrected chi connectivity index (χ4v) is 1.94. The quantitative estimate of drug-likeness (QED) is 0.879. The molecule has 0 aromatic heterocycles. The maximum atomic E-state index is 13.0. The lowest BCUT2D eigenvalue weighted by Crippen LogP contribution is -2.32. The van der Waals surface area contributed by atoms with Crippen molar-refractivity contribution in [3.63, 3.8) is 0 Å². The van der Waals surface area contributed by atoms with Gasteiger partial charge in [0.15, 0.2) is 0 Å². The molecule has 1 amide bonds. The average molecular weight is 276 g/mol. The first kappa shape index (κ1) is 14.1. The summed E-state index contributed by atoms with van der Waals surface area (Å²) in [6.07, 6.45) is 0. The van der Waals surface area contributed by atoms with Gasteiger partial charge >= 0.3 is 0 Å². The van der Waals surface area contributed by atoms with Gasteiger partial charge in [0.1, 0.15) is 11.6 Å². The Labute approximate surface area is 115 Å². The standard InChI is InChI=1S/C15H14F2N2O/c16-12-5-1-10(2-6-12)15(19-9-14(18)20)11-3-7-13(17)8-4-11/h1-8,15,19H,9H2,(H2,18,20). The number of carbonyl (C=O) groups excluding carboxylic acids is 1. The van der Waals surface area contributed by atoms with Crippen molar-refractivity contribution in [2.75, 3.05) is 6.54 Å². The minimum absolute atomic E-state index is 0.0284. The molecule has 0 heterocycles. The summed E-state index contributed by atoms with van der Waals surface area (Å²) >= 11 is 0. The molecule has 3 N–H and O–H groups in total. The van der Waals surface area contributed by atoms with Gasteiger partial charge in [0, 0.05) is 0 Å². The number of hydrogen-bond acceptors (Lipinski definition) is 2. The molecule has 0 saturated carbocycles. The molecule has 0 spiro atoms. The first-order chi connectivity index (χ1) is 9.56. The van der Waals surface area contributed by atoms with Crippen LogP contribution < -0.4 is 11.1 Å². The van der Waals surface area contributed by atoms with Crippen molar-refractivity contribution in [1.82, 2.24) is 5.32 Å². The second kappa shape index (κ2) is 6.25. The maximum absolute atomic E-state index is 13.0. The summed E-state index contributed by atoms with van der Waals surface area (Å²) in [6.45, 7) is -0.0284. The summed E-state index contributed by atoms with van der Waals surface area (Å²) in [4.78, 5) is 10.9. The smallest absolute Gasteiger partial charge is 0.231 e. The molecule has 0 aliphatic rings. The second-order valence-electron chi connectivity index (χ2n) is 4.38. The molecule has 0 unspecified atom stereocenters. The van der Waals surface area contributed by atoms with Gasteiger partial charge in [-0.05, 0) is 35.4 Å². The summed E-state index contributed by atoms with van der Waals surface area (Å²) in [5.74, 6) is -1.19. The van der Waals surface area contributed by atoms with E-state index >= 15 is 0 Å². The van der Waals surface area contributed by atoms with Crippen molar-refractivity contribution in [2.24, 2.45) is 5.73 Å². The van der Waals surface area contributed by atoms with Crippen molar-refractivity contribution < 1.29 is 13.6 Å². The van der Waals surface area contributed by atoms with Gasteiger partial charge in [-0.1, -0.05) is 24.3 Å². The third-order valence-electron chi connectivity index (χ3n) is 2.89. The number of nitrogens with two attached hydrogens (primary N) is 1. The van der Waals surface area contributed by atoms with E-state index < -0.39 is 5.91 Å². The van der Waals surface area contributed by atoms with Crippen molar-refractivity contribution >= 4 is 5.91 Å². The molecule has 0 atom stereocenters. The topological polar surface area (TPSA) is 55.1 Å². The van der Waals surface area contributed by atoms with E-state index in [-0.39, 0.29) is 24.2 Å². The molecular formula is C15H14F2N2O. The number of halogens is 2. The Morgan fingerprint density at radius 2 is 1.35 bits per heavy atom. The summed E-state index contributed by atoms with van der Waals surface area (Å²) in [6, 6.07) is 11.4. The van der Waals surface area contributed by atoms with E-state index in [0.717, 1.165) is 11.1 Å². The number of hydrogen-bond donors (Lipinski definition) is 2. The first-order valence-electron chi connectivity index (χ1n) is 6.09. The number of carbonyl (C=O) groups is 1. The zero-order chi connectivity index (χ0) is 14.5. The highest BCUT2D eigenvalue weighted by Gasteiger charge is 2.14. The van der Waals surface area contributed by atoms with Crippen LogP contribution in [0.25, 0.3) is 0 Å². The molecule has 0 aliphatic carbocycles. The number of primary amides is 1. The first-order valence-corrected chi connectivity index (χ1v) is 6.09. The van der Waals surface area contributed by atoms with E-state index in [9.17, 15) is 13.6 Å². The lowest BCUT2D eigenvalue weighted by Gasteiger charge is -2.19. The van der Waals surface area contributed by atoms with E-state index in [4.69, 9.17) is 5.73 Å². The van der Waals surface area contributed by atoms with Gasteiger partial charge in [-0.25, -0.2) is 8.78 Å². The molecule has 2 aromatic carbocycles. The average Bonchev–Trinajstić information content (AvgIpc) is 2.42. The minimum atomic E-state index is -0.501. The lowest BCUT2D eigenvalue weighted by atomic mass is 9.98. The van der Waals surface area contributed by atoms with Gasteiger partial charge in [-0.3, -0.25) is 10.1 Å². The molecule has 2 rings (SSSR count). The van der Waals surface area contributed by atoms with Crippen molar-refractivity contribution in [2.45, 2.75) is 6.04 Å². The Kier molecular flexibility index (Phi) is 4.42. The van der Waals surface area contributed by atoms with Gasteiger partial charge in [-0.15, -0.1) is 0 Å². The van der Waals surface area contributed by atoms with Gasteiger partial charge in [0.25, 0.3) is 0 Å². The van der Waals surface area contributed by atoms with Crippen LogP contribution in [0.5, 0.6) is 0 Å². The maximum Gasteiger partial charge on any atom is 0.231 e. The number of benzene rings is 2. The van der Waals surface area contributed by atoms with Crippen LogP contribution in [0.3, 0.4) is 0 Å². The molecule has 104 valence electrons. The molecule has 0 saturated heterocycles. The largest absolute Gasteiger partial charge is 0.369 e. The summed E-state index contributed by atoms with van der Waals surface area (Å²) in [5.41, 5.74) is 6.65. The predicted molar refractivity (Wildman–Crippen MR) is 71.8 cm³/mol. The van der Waals surface area contributed by atoms with Crippen molar-refractivity contribution in [3.8, 4) is 0 Å². The van der Waals surface area contributed by atoms with Crippen LogP contribution in [0.1, 0.15) is 17.2 Å². The van der Waals surface area contributed by atoms with E-state index in [1.165, 1.54) is 24.3 Å². The van der Waals surface area contributed by atoms with E-state index in [1.54, 1.807) is 24.3 Å². The molecule has 5 heteroatoms. The number of rotatable bonds is 5. The van der Waals surface area contributed by atoms with Crippen molar-refractivity contribution in [3.05, 3.63) is 71.3 Å². The third-order valence-corrected chi connectivity index (χ3v) is 2.89. The SMILES string of the molecule is NC(=O)CNC(c1ccc(F)cc1)c1ccc(F)cc1. The minimum Gasteiger partial charge on any atom is -0.369 e. The highest BCUT2D eigenvalue weighted by Crippen LogP contribution is 2.22. The molecule has 3 nitrogen and oxygen atoms in total. The number of amides is 1. The van der Waals surface area contributed by atoms with Crippen LogP contribution >= 0.6 is 0 Å². The van der Waals surface area contributed by atoms with Gasteiger partial charge in [0.2, 0.25) is 5.91 Å². The van der Waals surface area contributed by atoms with Crippen LogP contribution in [0.4, 0.5) is 8.78 Å². The molecule has 20 heavy (non-hydrogen) atoms. The Balaban J connectivity index is 2.30. The summed E-state index contributed by atoms with van der Waals surface area (Å²) < 4.78 is 26.0. The normalized spacial score (nSPS) is 10.8. The molecule has 2 aromatic rings. The van der Waals surface area contributed by atoms with Gasteiger partial charge in [-0.2, -0.15) is 0 Å². The fourth-order valence-electron chi connectivity index (χ4n) is 1.94. The van der Waals surface area contributed by atoms with E-state index in [0.29, 0.717) is 0 Å². The third kappa shape index (κ3) is 3.61. The Bertz CT molecular complexity index is 536. The molecule has 0 bridgehead atoms. The fraction of sp³-hybridized carbons (Fsp3) is 0.133. The lowest BCUT2D eigenvalue weighted by molar-refractivity contribution is -0.117. The van der Waals surface area contributed by atoms with Crippen LogP contribution in [0.2, 0.25) is 0 Å². The van der Waals surface area contributed by atoms with Crippen LogP contribution in [0.15, 0.2) is 48.5 Å². The number of nitrogens with one attached hydrogen (secondary N) is 1. The predicted octanol–water partition coefficient (Wildman–Crippen LogP) is 2.13. The zero-order valence-electron chi connectivity index (χ0n) is 10.6. The van der Waals surface area contributed by atoms with E-state index in [1.807, 2.05) is 0 Å². The molecule has 0 aliphatic heterocycles. The second-order valence-corrected chi connectivity index (χ2v) is 4.38. The monoisotopic (exact) mass is 276 g/mol. The Hall–Kier alpha value is -2.27. The zero-order valence-corrected chi connectivity index (χ0v) is 10.6. The molecular weight excluding hydrogens is 262 g/mol. The Morgan fingerprint density at radius 3 is 1.70 bits per heavy atom. The van der Waals surface area contributed by atoms with Gasteiger partial charge < -0.3 is 5.73 Å². The summed E-state index contributed by atoms with van der Waals surface area (Å²) in [5, 5.41) is 2.97. The van der Waals surface area contributed by atoms with Gasteiger partial charge in [0.05, 0.1) is 12.6 Å². The molecule has 0 fully saturated rings.